The molecule has 0 unspecified atom stereocenters. The third kappa shape index (κ3) is 4.38. The summed E-state index contributed by atoms with van der Waals surface area (Å²) >= 11 is 1.85. The highest BCUT2D eigenvalue weighted by molar-refractivity contribution is 7.19. The van der Waals surface area contributed by atoms with Gasteiger partial charge in [-0.1, -0.05) is 47.7 Å². The summed E-state index contributed by atoms with van der Waals surface area (Å²) in [7, 11) is 4.22. The fraction of sp³-hybridized carbons (Fsp3) is 0.152. The van der Waals surface area contributed by atoms with Crippen molar-refractivity contribution in [2.45, 2.75) is 20.4 Å². The molecule has 0 saturated carbocycles. The Morgan fingerprint density at radius 1 is 0.865 bits per heavy atom. The van der Waals surface area contributed by atoms with Crippen LogP contribution in [0.4, 0.5) is 5.69 Å². The Labute approximate surface area is 222 Å². The molecule has 0 saturated heterocycles. The van der Waals surface area contributed by atoms with Gasteiger partial charge in [-0.2, -0.15) is 4.57 Å². The van der Waals surface area contributed by atoms with Gasteiger partial charge in [-0.05, 0) is 71.5 Å². The molecule has 6 rings (SSSR count). The number of aromatic nitrogens is 2. The topological polar surface area (TPSA) is 11.0 Å². The Bertz CT molecular complexity index is 1670. The number of allylic oxidation sites excluding steroid dienone is 2. The normalized spacial score (nSPS) is 13.9. The fourth-order valence-corrected chi connectivity index (χ4v) is 6.41. The maximum Gasteiger partial charge on any atom is 0.263 e. The summed E-state index contributed by atoms with van der Waals surface area (Å²) in [5, 5.41) is 1.24. The molecule has 0 aliphatic carbocycles. The van der Waals surface area contributed by atoms with E-state index >= 15 is 0 Å². The van der Waals surface area contributed by atoms with Crippen LogP contribution < -0.4 is 14.0 Å². The molecule has 37 heavy (non-hydrogen) atoms. The number of hydrogen-bond acceptors (Lipinski definition) is 2. The summed E-state index contributed by atoms with van der Waals surface area (Å²) in [5.41, 5.74) is 11.6. The van der Waals surface area contributed by atoms with Crippen LogP contribution in [0.1, 0.15) is 27.3 Å². The molecule has 0 fully saturated rings. The first-order valence-corrected chi connectivity index (χ1v) is 13.5. The van der Waals surface area contributed by atoms with Gasteiger partial charge in [0.25, 0.3) is 5.01 Å². The maximum atomic E-state index is 2.35. The van der Waals surface area contributed by atoms with Gasteiger partial charge in [-0.3, -0.25) is 0 Å². The van der Waals surface area contributed by atoms with Gasteiger partial charge in [0.2, 0.25) is 5.52 Å². The molecule has 0 spiro atoms. The molecule has 182 valence electrons. The first-order valence-electron chi connectivity index (χ1n) is 12.7. The molecule has 3 nitrogen and oxygen atoms in total. The van der Waals surface area contributed by atoms with Gasteiger partial charge in [0.1, 0.15) is 18.8 Å². The molecule has 4 heteroatoms. The van der Waals surface area contributed by atoms with E-state index in [-0.39, 0.29) is 0 Å². The second-order valence-corrected chi connectivity index (χ2v) is 10.9. The first kappa shape index (κ1) is 23.4. The van der Waals surface area contributed by atoms with E-state index in [2.05, 4.69) is 146 Å². The predicted octanol–water partition coefficient (Wildman–Crippen LogP) is 6.91. The number of thiazole rings is 1. The lowest BCUT2D eigenvalue weighted by atomic mass is 9.96. The molecule has 3 aromatic carbocycles. The number of para-hydroxylation sites is 1. The van der Waals surface area contributed by atoms with Crippen LogP contribution in [-0.2, 0) is 20.6 Å². The smallest absolute Gasteiger partial charge is 0.263 e. The minimum Gasteiger partial charge on any atom is -0.343 e. The average Bonchev–Trinajstić information content (AvgIpc) is 3.21. The molecule has 0 bridgehead atoms. The van der Waals surface area contributed by atoms with E-state index in [0.29, 0.717) is 0 Å². The number of hydrogen-bond donors (Lipinski definition) is 0. The lowest BCUT2D eigenvalue weighted by molar-refractivity contribution is -0.671. The van der Waals surface area contributed by atoms with Crippen molar-refractivity contribution in [1.29, 1.82) is 0 Å². The van der Waals surface area contributed by atoms with Crippen LogP contribution in [0.3, 0.4) is 0 Å². The molecule has 0 radical (unpaired) electrons. The zero-order chi connectivity index (χ0) is 25.5. The van der Waals surface area contributed by atoms with Gasteiger partial charge in [-0.15, -0.1) is 0 Å². The van der Waals surface area contributed by atoms with E-state index in [9.17, 15) is 0 Å². The van der Waals surface area contributed by atoms with Crippen LogP contribution in [0.25, 0.3) is 33.0 Å². The number of aryl methyl sites for hydroxylation is 4. The lowest BCUT2D eigenvalue weighted by Gasteiger charge is -2.27. The Hall–Kier alpha value is -4.02. The third-order valence-corrected chi connectivity index (χ3v) is 8.42. The monoisotopic (exact) mass is 501 g/mol. The molecule has 3 heterocycles. The maximum absolute atomic E-state index is 2.35. The van der Waals surface area contributed by atoms with E-state index in [1.807, 2.05) is 11.3 Å². The molecule has 5 aromatic rings. The van der Waals surface area contributed by atoms with Crippen molar-refractivity contribution in [2.75, 3.05) is 4.90 Å². The number of fused-ring (bicyclic) bond motifs is 2. The average molecular weight is 502 g/mol. The van der Waals surface area contributed by atoms with Crippen LogP contribution in [-0.4, -0.2) is 0 Å². The van der Waals surface area contributed by atoms with Crippen molar-refractivity contribution in [2.24, 2.45) is 14.1 Å². The molecular weight excluding hydrogens is 470 g/mol. The van der Waals surface area contributed by atoms with Crippen LogP contribution in [0.15, 0.2) is 97.5 Å². The fourth-order valence-electron chi connectivity index (χ4n) is 5.26. The highest BCUT2D eigenvalue weighted by Gasteiger charge is 2.21. The summed E-state index contributed by atoms with van der Waals surface area (Å²) in [6.45, 7) is 5.24. The van der Waals surface area contributed by atoms with Crippen molar-refractivity contribution in [1.82, 2.24) is 0 Å². The Kier molecular flexibility index (Phi) is 5.97. The second kappa shape index (κ2) is 9.45. The van der Waals surface area contributed by atoms with Crippen LogP contribution in [0.5, 0.6) is 0 Å². The van der Waals surface area contributed by atoms with E-state index in [1.54, 1.807) is 0 Å². The van der Waals surface area contributed by atoms with Crippen molar-refractivity contribution in [3.8, 4) is 11.1 Å². The van der Waals surface area contributed by atoms with E-state index in [0.717, 1.165) is 6.54 Å². The van der Waals surface area contributed by atoms with E-state index in [4.69, 9.17) is 0 Å². The van der Waals surface area contributed by atoms with Crippen molar-refractivity contribution in [3.63, 3.8) is 0 Å². The molecule has 0 atom stereocenters. The van der Waals surface area contributed by atoms with Gasteiger partial charge < -0.3 is 4.90 Å². The number of rotatable bonds is 4. The summed E-state index contributed by atoms with van der Waals surface area (Å²) < 4.78 is 5.69. The summed E-state index contributed by atoms with van der Waals surface area (Å²) in [4.78, 5) is 2.34. The molecule has 0 N–H and O–H groups in total. The minimum atomic E-state index is 0.847. The highest BCUT2D eigenvalue weighted by atomic mass is 32.1. The molecule has 1 aliphatic rings. The Morgan fingerprint density at radius 2 is 1.62 bits per heavy atom. The van der Waals surface area contributed by atoms with Crippen LogP contribution in [0.2, 0.25) is 0 Å². The summed E-state index contributed by atoms with van der Waals surface area (Å²) in [6, 6.07) is 26.5. The van der Waals surface area contributed by atoms with Crippen molar-refractivity contribution >= 4 is 38.9 Å². The van der Waals surface area contributed by atoms with Gasteiger partial charge >= 0.3 is 0 Å². The van der Waals surface area contributed by atoms with Gasteiger partial charge in [0, 0.05) is 48.3 Å². The number of anilines is 1. The summed E-state index contributed by atoms with van der Waals surface area (Å²) in [5.74, 6) is 0. The first-order chi connectivity index (χ1) is 18.0. The quantitative estimate of drug-likeness (QED) is 0.244. The third-order valence-electron chi connectivity index (χ3n) is 7.27. The molecule has 1 aliphatic heterocycles. The lowest BCUT2D eigenvalue weighted by Crippen LogP contribution is -2.29. The summed E-state index contributed by atoms with van der Waals surface area (Å²) in [6.07, 6.45) is 11.0. The van der Waals surface area contributed by atoms with Crippen molar-refractivity contribution in [3.05, 3.63) is 125 Å². The molecule has 2 aromatic heterocycles. The zero-order valence-corrected chi connectivity index (χ0v) is 22.6. The van der Waals surface area contributed by atoms with Crippen LogP contribution >= 0.6 is 11.3 Å². The van der Waals surface area contributed by atoms with Gasteiger partial charge in [0.15, 0.2) is 12.4 Å². The zero-order valence-electron chi connectivity index (χ0n) is 21.8. The standard InChI is InChI=1S/C33H31N3S/c1-23-8-7-9-24(2)33(23)27-12-13-30-31(20-27)37-32(35(30)4)21-26-16-19-36(29-11-6-5-10-28(26)29)22-25-14-17-34(3)18-15-25/h5-21H,22H2,1-4H3/q+2. The highest BCUT2D eigenvalue weighted by Crippen LogP contribution is 2.36. The predicted molar refractivity (Wildman–Crippen MR) is 155 cm³/mol. The minimum absolute atomic E-state index is 0.847. The molecular formula is C33H31N3S+2. The van der Waals surface area contributed by atoms with Crippen molar-refractivity contribution < 1.29 is 9.13 Å². The van der Waals surface area contributed by atoms with Gasteiger partial charge in [0.05, 0.1) is 0 Å². The Morgan fingerprint density at radius 3 is 2.41 bits per heavy atom. The van der Waals surface area contributed by atoms with E-state index < -0.39 is 0 Å². The molecule has 0 amide bonds. The number of nitrogens with zero attached hydrogens (tertiary/aromatic N) is 3. The number of benzene rings is 3. The van der Waals surface area contributed by atoms with E-state index in [1.165, 1.54) is 59.9 Å². The van der Waals surface area contributed by atoms with Crippen LogP contribution in [0, 0.1) is 13.8 Å². The Balaban J connectivity index is 1.37. The van der Waals surface area contributed by atoms with Gasteiger partial charge in [-0.25, -0.2) is 4.57 Å². The second-order valence-electron chi connectivity index (χ2n) is 9.88. The largest absolute Gasteiger partial charge is 0.343 e. The SMILES string of the molecule is Cc1cccc(C)c1-c1ccc2c(c1)sc(C=C1C=CN(Cc3cc[n+](C)cc3)c3ccccc31)[n+]2C. The number of pyridine rings is 1.